The van der Waals surface area contributed by atoms with Gasteiger partial charge in [0.15, 0.2) is 0 Å². The second-order valence-corrected chi connectivity index (χ2v) is 6.40. The van der Waals surface area contributed by atoms with Gasteiger partial charge in [-0.3, -0.25) is 4.98 Å². The van der Waals surface area contributed by atoms with Gasteiger partial charge in [0.25, 0.3) is 0 Å². The van der Waals surface area contributed by atoms with Gasteiger partial charge < -0.3 is 10.2 Å². The van der Waals surface area contributed by atoms with Gasteiger partial charge in [0.05, 0.1) is 0 Å². The summed E-state index contributed by atoms with van der Waals surface area (Å²) in [4.78, 5) is 6.91. The van der Waals surface area contributed by atoms with Gasteiger partial charge in [-0.05, 0) is 61.5 Å². The first-order valence-electron chi connectivity index (χ1n) is 7.51. The molecule has 0 aliphatic carbocycles. The molecule has 0 aliphatic heterocycles. The van der Waals surface area contributed by atoms with E-state index in [4.69, 9.17) is 0 Å². The maximum absolute atomic E-state index is 4.54. The van der Waals surface area contributed by atoms with Crippen LogP contribution >= 0.6 is 15.9 Å². The molecule has 0 amide bonds. The molecule has 0 bridgehead atoms. The molecule has 20 heavy (non-hydrogen) atoms. The van der Waals surface area contributed by atoms with Crippen molar-refractivity contribution in [1.29, 1.82) is 0 Å². The van der Waals surface area contributed by atoms with Crippen molar-refractivity contribution >= 4 is 15.9 Å². The maximum atomic E-state index is 4.54. The van der Waals surface area contributed by atoms with E-state index in [-0.39, 0.29) is 5.54 Å². The third kappa shape index (κ3) is 4.03. The Morgan fingerprint density at radius 1 is 1.25 bits per heavy atom. The number of aromatic nitrogens is 1. The second-order valence-electron chi connectivity index (χ2n) is 5.49. The summed E-state index contributed by atoms with van der Waals surface area (Å²) in [5.41, 5.74) is 1.32. The third-order valence-corrected chi connectivity index (χ3v) is 4.89. The van der Waals surface area contributed by atoms with Crippen LogP contribution in [0.5, 0.6) is 0 Å². The summed E-state index contributed by atoms with van der Waals surface area (Å²) >= 11 is 3.45. The minimum Gasteiger partial charge on any atom is -0.312 e. The number of nitrogens with zero attached hydrogens (tertiary/aromatic N) is 2. The molecule has 0 spiro atoms. The van der Waals surface area contributed by atoms with Crippen molar-refractivity contribution in [2.45, 2.75) is 51.6 Å². The lowest BCUT2D eigenvalue weighted by atomic mass is 9.81. The fraction of sp³-hybridized carbons (Fsp3) is 0.688. The Hall–Kier alpha value is -0.450. The summed E-state index contributed by atoms with van der Waals surface area (Å²) in [6, 6.07) is 4.59. The molecular formula is C16H28BrN3. The monoisotopic (exact) mass is 341 g/mol. The molecule has 0 saturated carbocycles. The van der Waals surface area contributed by atoms with Crippen LogP contribution in [0.4, 0.5) is 0 Å². The highest BCUT2D eigenvalue weighted by Gasteiger charge is 2.37. The Labute approximate surface area is 132 Å². The molecule has 0 radical (unpaired) electrons. The van der Waals surface area contributed by atoms with Crippen LogP contribution in [0.3, 0.4) is 0 Å². The smallest absolute Gasteiger partial charge is 0.0420 e. The average molecular weight is 342 g/mol. The van der Waals surface area contributed by atoms with Gasteiger partial charge >= 0.3 is 0 Å². The van der Waals surface area contributed by atoms with Gasteiger partial charge in [0.1, 0.15) is 0 Å². The number of halogens is 1. The first-order chi connectivity index (χ1) is 9.50. The summed E-state index contributed by atoms with van der Waals surface area (Å²) in [5, 5.41) is 3.68. The van der Waals surface area contributed by atoms with E-state index in [1.165, 1.54) is 0 Å². The molecule has 1 aromatic rings. The van der Waals surface area contributed by atoms with E-state index in [9.17, 15) is 0 Å². The fourth-order valence-corrected chi connectivity index (χ4v) is 3.36. The van der Waals surface area contributed by atoms with Crippen LogP contribution in [-0.4, -0.2) is 42.1 Å². The van der Waals surface area contributed by atoms with Crippen molar-refractivity contribution in [2.24, 2.45) is 0 Å². The summed E-state index contributed by atoms with van der Waals surface area (Å²) in [6.45, 7) is 7.72. The Morgan fingerprint density at radius 3 is 2.30 bits per heavy atom. The molecule has 1 N–H and O–H groups in total. The van der Waals surface area contributed by atoms with Crippen LogP contribution in [-0.2, 0) is 6.42 Å². The van der Waals surface area contributed by atoms with Crippen LogP contribution in [0.1, 0.15) is 39.3 Å². The zero-order valence-electron chi connectivity index (χ0n) is 13.4. The van der Waals surface area contributed by atoms with Crippen molar-refractivity contribution in [3.8, 4) is 0 Å². The van der Waals surface area contributed by atoms with E-state index >= 15 is 0 Å². The highest BCUT2D eigenvalue weighted by Crippen LogP contribution is 2.28. The molecule has 1 atom stereocenters. The van der Waals surface area contributed by atoms with Crippen LogP contribution in [0.2, 0.25) is 0 Å². The molecule has 1 heterocycles. The number of nitrogens with one attached hydrogen (secondary N) is 1. The molecule has 0 saturated heterocycles. The zero-order chi connectivity index (χ0) is 15.2. The van der Waals surface area contributed by atoms with Crippen molar-refractivity contribution in [3.05, 3.63) is 28.5 Å². The SMILES string of the molecule is CCNC(Cc1ccc(Br)cn1)C(CC)(CC)N(C)C. The topological polar surface area (TPSA) is 28.2 Å². The standard InChI is InChI=1S/C16H28BrN3/c1-6-16(7-2,20(4)5)15(18-8-3)11-14-10-9-13(17)12-19-14/h9-10,12,15,18H,6-8,11H2,1-5H3. The minimum atomic E-state index is 0.171. The summed E-state index contributed by atoms with van der Waals surface area (Å²) < 4.78 is 1.03. The molecule has 1 unspecified atom stereocenters. The van der Waals surface area contributed by atoms with Gasteiger partial charge in [0.2, 0.25) is 0 Å². The quantitative estimate of drug-likeness (QED) is 0.784. The Balaban J connectivity index is 2.99. The second kappa shape index (κ2) is 8.11. The maximum Gasteiger partial charge on any atom is 0.0420 e. The lowest BCUT2D eigenvalue weighted by Gasteiger charge is -2.45. The molecule has 1 rings (SSSR count). The molecular weight excluding hydrogens is 314 g/mol. The van der Waals surface area contributed by atoms with Crippen molar-refractivity contribution in [1.82, 2.24) is 15.2 Å². The van der Waals surface area contributed by atoms with Crippen LogP contribution < -0.4 is 5.32 Å². The Kier molecular flexibility index (Phi) is 7.13. The van der Waals surface area contributed by atoms with Crippen LogP contribution in [0.15, 0.2) is 22.8 Å². The number of rotatable bonds is 8. The van der Waals surface area contributed by atoms with E-state index in [1.54, 1.807) is 0 Å². The van der Waals surface area contributed by atoms with Gasteiger partial charge in [-0.1, -0.05) is 20.8 Å². The first-order valence-corrected chi connectivity index (χ1v) is 8.30. The highest BCUT2D eigenvalue weighted by molar-refractivity contribution is 9.10. The van der Waals surface area contributed by atoms with E-state index in [0.717, 1.165) is 36.0 Å². The molecule has 0 aromatic carbocycles. The fourth-order valence-electron chi connectivity index (χ4n) is 3.12. The first kappa shape index (κ1) is 17.6. The van der Waals surface area contributed by atoms with Gasteiger partial charge in [0, 0.05) is 34.4 Å². The van der Waals surface area contributed by atoms with Crippen molar-refractivity contribution < 1.29 is 0 Å². The number of pyridine rings is 1. The number of hydrogen-bond donors (Lipinski definition) is 1. The van der Waals surface area contributed by atoms with E-state index in [2.05, 4.69) is 78.1 Å². The predicted octanol–water partition coefficient (Wildman–Crippen LogP) is 3.49. The summed E-state index contributed by atoms with van der Waals surface area (Å²) in [7, 11) is 4.37. The van der Waals surface area contributed by atoms with Gasteiger partial charge in [-0.2, -0.15) is 0 Å². The normalized spacial score (nSPS) is 13.8. The molecule has 3 nitrogen and oxygen atoms in total. The molecule has 4 heteroatoms. The molecule has 0 fully saturated rings. The molecule has 0 aliphatic rings. The van der Waals surface area contributed by atoms with Crippen LogP contribution in [0.25, 0.3) is 0 Å². The largest absolute Gasteiger partial charge is 0.312 e. The lowest BCUT2D eigenvalue weighted by Crippen LogP contribution is -2.59. The van der Waals surface area contributed by atoms with Crippen molar-refractivity contribution in [3.63, 3.8) is 0 Å². The molecule has 114 valence electrons. The average Bonchev–Trinajstić information content (AvgIpc) is 2.43. The summed E-state index contributed by atoms with van der Waals surface area (Å²) in [6.07, 6.45) is 5.10. The highest BCUT2D eigenvalue weighted by atomic mass is 79.9. The summed E-state index contributed by atoms with van der Waals surface area (Å²) in [5.74, 6) is 0. The number of likely N-dealkylation sites (N-methyl/N-ethyl adjacent to an activating group) is 2. The predicted molar refractivity (Wildman–Crippen MR) is 90.1 cm³/mol. The lowest BCUT2D eigenvalue weighted by molar-refractivity contribution is 0.0885. The Bertz CT molecular complexity index is 385. The van der Waals surface area contributed by atoms with E-state index in [0.29, 0.717) is 6.04 Å². The van der Waals surface area contributed by atoms with Crippen molar-refractivity contribution in [2.75, 3.05) is 20.6 Å². The Morgan fingerprint density at radius 2 is 1.90 bits per heavy atom. The van der Waals surface area contributed by atoms with E-state index in [1.807, 2.05) is 6.20 Å². The van der Waals surface area contributed by atoms with Gasteiger partial charge in [-0.15, -0.1) is 0 Å². The van der Waals surface area contributed by atoms with E-state index < -0.39 is 0 Å². The zero-order valence-corrected chi connectivity index (χ0v) is 15.0. The minimum absolute atomic E-state index is 0.171. The van der Waals surface area contributed by atoms with Crippen LogP contribution in [0, 0.1) is 0 Å². The molecule has 1 aromatic heterocycles. The number of hydrogen-bond acceptors (Lipinski definition) is 3. The van der Waals surface area contributed by atoms with Gasteiger partial charge in [-0.25, -0.2) is 0 Å². The third-order valence-electron chi connectivity index (χ3n) is 4.42.